The van der Waals surface area contributed by atoms with Crippen molar-refractivity contribution in [1.82, 2.24) is 0 Å². The minimum absolute atomic E-state index is 0.0863. The Labute approximate surface area is 157 Å². The van der Waals surface area contributed by atoms with E-state index in [2.05, 4.69) is 0 Å². The number of nitrogens with zero attached hydrogens (tertiary/aromatic N) is 1. The van der Waals surface area contributed by atoms with Crippen molar-refractivity contribution in [3.63, 3.8) is 0 Å². The van der Waals surface area contributed by atoms with Crippen LogP contribution in [0.1, 0.15) is 28.4 Å². The summed E-state index contributed by atoms with van der Waals surface area (Å²) in [7, 11) is -7.95. The highest BCUT2D eigenvalue weighted by atomic mass is 32.2. The molecule has 3 N–H and O–H groups in total. The highest BCUT2D eigenvalue weighted by Gasteiger charge is 2.37. The van der Waals surface area contributed by atoms with Gasteiger partial charge in [0.15, 0.2) is 0 Å². The molecule has 0 spiro atoms. The molecular formula is C17H18N2O6S2. The van der Waals surface area contributed by atoms with Crippen LogP contribution in [-0.2, 0) is 26.5 Å². The van der Waals surface area contributed by atoms with E-state index in [0.717, 1.165) is 6.07 Å². The average Bonchev–Trinajstić information content (AvgIpc) is 2.89. The van der Waals surface area contributed by atoms with Crippen LogP contribution >= 0.6 is 0 Å². The van der Waals surface area contributed by atoms with Crippen LogP contribution in [0.5, 0.6) is 0 Å². The van der Waals surface area contributed by atoms with Crippen LogP contribution < -0.4 is 9.44 Å². The molecule has 0 bridgehead atoms. The SMILES string of the molecule is Cc1ccc(C(=O)O)cc1S(=O)(=O)N1c2ccc(S(N)(=O)=O)cc2CC1C. The van der Waals surface area contributed by atoms with Gasteiger partial charge in [-0.2, -0.15) is 0 Å². The molecule has 144 valence electrons. The first kappa shape index (κ1) is 19.3. The summed E-state index contributed by atoms with van der Waals surface area (Å²) < 4.78 is 50.8. The molecule has 8 nitrogen and oxygen atoms in total. The number of hydrogen-bond donors (Lipinski definition) is 2. The van der Waals surface area contributed by atoms with E-state index in [1.54, 1.807) is 13.8 Å². The Bertz CT molecular complexity index is 1160. The largest absolute Gasteiger partial charge is 0.478 e. The van der Waals surface area contributed by atoms with Crippen molar-refractivity contribution in [2.75, 3.05) is 4.31 Å². The molecule has 10 heteroatoms. The van der Waals surface area contributed by atoms with Crippen molar-refractivity contribution in [3.05, 3.63) is 53.1 Å². The molecule has 1 heterocycles. The zero-order chi connectivity index (χ0) is 20.1. The second kappa shape index (κ2) is 6.32. The standard InChI is InChI=1S/C17H18N2O6S2/c1-10-3-4-12(17(20)21)9-16(10)27(24,25)19-11(2)7-13-8-14(26(18,22)23)5-6-15(13)19/h3-6,8-9,11H,7H2,1-2H3,(H,20,21)(H2,18,22,23). The van der Waals surface area contributed by atoms with Gasteiger partial charge in [-0.1, -0.05) is 6.07 Å². The summed E-state index contributed by atoms with van der Waals surface area (Å²) in [5, 5.41) is 14.3. The van der Waals surface area contributed by atoms with Gasteiger partial charge in [-0.15, -0.1) is 0 Å². The van der Waals surface area contributed by atoms with E-state index in [-0.39, 0.29) is 15.4 Å². The highest BCUT2D eigenvalue weighted by molar-refractivity contribution is 7.93. The highest BCUT2D eigenvalue weighted by Crippen LogP contribution is 2.38. The van der Waals surface area contributed by atoms with Gasteiger partial charge >= 0.3 is 5.97 Å². The fraction of sp³-hybridized carbons (Fsp3) is 0.235. The zero-order valence-corrected chi connectivity index (χ0v) is 16.2. The second-order valence-corrected chi connectivity index (χ2v) is 9.82. The number of primary sulfonamides is 1. The van der Waals surface area contributed by atoms with E-state index in [1.165, 1.54) is 34.6 Å². The van der Waals surface area contributed by atoms with Crippen LogP contribution in [-0.4, -0.2) is 34.0 Å². The third-order valence-electron chi connectivity index (χ3n) is 4.50. The molecule has 3 rings (SSSR count). The Morgan fingerprint density at radius 3 is 2.41 bits per heavy atom. The number of sulfonamides is 2. The maximum atomic E-state index is 13.3. The van der Waals surface area contributed by atoms with Gasteiger partial charge in [0, 0.05) is 6.04 Å². The van der Waals surface area contributed by atoms with Crippen molar-refractivity contribution in [3.8, 4) is 0 Å². The summed E-state index contributed by atoms with van der Waals surface area (Å²) in [6, 6.07) is 7.50. The number of carbonyl (C=O) groups is 1. The molecule has 0 aromatic heterocycles. The fourth-order valence-electron chi connectivity index (χ4n) is 3.24. The first-order valence-electron chi connectivity index (χ1n) is 7.97. The Balaban J connectivity index is 2.15. The molecule has 1 atom stereocenters. The molecule has 0 aliphatic carbocycles. The third-order valence-corrected chi connectivity index (χ3v) is 7.49. The number of carboxylic acid groups (broad SMARTS) is 1. The van der Waals surface area contributed by atoms with Gasteiger partial charge in [-0.3, -0.25) is 4.31 Å². The first-order valence-corrected chi connectivity index (χ1v) is 11.0. The third kappa shape index (κ3) is 3.31. The number of carboxylic acids is 1. The van der Waals surface area contributed by atoms with E-state index < -0.39 is 32.1 Å². The summed E-state index contributed by atoms with van der Waals surface area (Å²) in [5.74, 6) is -1.22. The topological polar surface area (TPSA) is 135 Å². The second-order valence-electron chi connectivity index (χ2n) is 6.47. The Morgan fingerprint density at radius 2 is 1.81 bits per heavy atom. The van der Waals surface area contributed by atoms with Crippen LogP contribution in [0.15, 0.2) is 46.2 Å². The van der Waals surface area contributed by atoms with Crippen molar-refractivity contribution >= 4 is 31.7 Å². The van der Waals surface area contributed by atoms with E-state index in [9.17, 15) is 26.7 Å². The number of rotatable bonds is 4. The lowest BCUT2D eigenvalue weighted by Gasteiger charge is -2.25. The minimum Gasteiger partial charge on any atom is -0.478 e. The van der Waals surface area contributed by atoms with Crippen molar-refractivity contribution in [1.29, 1.82) is 0 Å². The van der Waals surface area contributed by atoms with Gasteiger partial charge in [0.2, 0.25) is 10.0 Å². The van der Waals surface area contributed by atoms with Crippen LogP contribution in [0.2, 0.25) is 0 Å². The Kier molecular flexibility index (Phi) is 4.53. The van der Waals surface area contributed by atoms with Gasteiger partial charge in [-0.05, 0) is 61.7 Å². The lowest BCUT2D eigenvalue weighted by atomic mass is 10.1. The molecule has 1 aliphatic rings. The predicted octanol–water partition coefficient (Wildman–Crippen LogP) is 1.48. The van der Waals surface area contributed by atoms with Gasteiger partial charge in [0.25, 0.3) is 10.0 Å². The minimum atomic E-state index is -4.05. The molecular weight excluding hydrogens is 392 g/mol. The molecule has 1 unspecified atom stereocenters. The molecule has 0 saturated heterocycles. The smallest absolute Gasteiger partial charge is 0.335 e. The van der Waals surface area contributed by atoms with E-state index in [0.29, 0.717) is 23.2 Å². The lowest BCUT2D eigenvalue weighted by molar-refractivity contribution is 0.0696. The molecule has 0 amide bonds. The van der Waals surface area contributed by atoms with Crippen LogP contribution in [0, 0.1) is 6.92 Å². The summed E-state index contributed by atoms with van der Waals surface area (Å²) in [5.41, 5.74) is 1.19. The van der Waals surface area contributed by atoms with Crippen LogP contribution in [0.4, 0.5) is 5.69 Å². The Hall–Kier alpha value is -2.43. The molecule has 2 aromatic carbocycles. The number of aryl methyl sites for hydroxylation is 1. The normalized spacial score (nSPS) is 17.0. The van der Waals surface area contributed by atoms with E-state index in [4.69, 9.17) is 5.14 Å². The average molecular weight is 410 g/mol. The summed E-state index contributed by atoms with van der Waals surface area (Å²) >= 11 is 0. The van der Waals surface area contributed by atoms with Crippen LogP contribution in [0.3, 0.4) is 0 Å². The Morgan fingerprint density at radius 1 is 1.15 bits per heavy atom. The van der Waals surface area contributed by atoms with Crippen molar-refractivity contribution in [2.24, 2.45) is 5.14 Å². The zero-order valence-electron chi connectivity index (χ0n) is 14.6. The van der Waals surface area contributed by atoms with Gasteiger partial charge in [-0.25, -0.2) is 26.8 Å². The van der Waals surface area contributed by atoms with Crippen molar-refractivity contribution < 1.29 is 26.7 Å². The summed E-state index contributed by atoms with van der Waals surface area (Å²) in [6.07, 6.45) is 0.315. The first-order chi connectivity index (χ1) is 12.4. The number of hydrogen-bond acceptors (Lipinski definition) is 5. The lowest BCUT2D eigenvalue weighted by Crippen LogP contribution is -2.36. The molecule has 0 fully saturated rings. The number of aromatic carboxylic acids is 1. The molecule has 1 aliphatic heterocycles. The van der Waals surface area contributed by atoms with Crippen molar-refractivity contribution in [2.45, 2.75) is 36.1 Å². The number of nitrogens with two attached hydrogens (primary N) is 1. The van der Waals surface area contributed by atoms with Crippen LogP contribution in [0.25, 0.3) is 0 Å². The summed E-state index contributed by atoms with van der Waals surface area (Å²) in [6.45, 7) is 3.29. The molecule has 0 saturated carbocycles. The van der Waals surface area contributed by atoms with Gasteiger partial charge in [0.1, 0.15) is 0 Å². The monoisotopic (exact) mass is 410 g/mol. The molecule has 0 radical (unpaired) electrons. The van der Waals surface area contributed by atoms with Gasteiger partial charge in [0.05, 0.1) is 21.0 Å². The molecule has 27 heavy (non-hydrogen) atoms. The van der Waals surface area contributed by atoms with E-state index >= 15 is 0 Å². The fourth-order valence-corrected chi connectivity index (χ4v) is 5.75. The number of benzene rings is 2. The quantitative estimate of drug-likeness (QED) is 0.784. The summed E-state index contributed by atoms with van der Waals surface area (Å²) in [4.78, 5) is 11.0. The number of fused-ring (bicyclic) bond motifs is 1. The van der Waals surface area contributed by atoms with E-state index in [1.807, 2.05) is 0 Å². The maximum Gasteiger partial charge on any atom is 0.335 e. The maximum absolute atomic E-state index is 13.3. The number of anilines is 1. The molecule has 2 aromatic rings. The predicted molar refractivity (Wildman–Crippen MR) is 98.8 cm³/mol. The van der Waals surface area contributed by atoms with Gasteiger partial charge < -0.3 is 5.11 Å².